The fourth-order valence-electron chi connectivity index (χ4n) is 11.1. The van der Waals surface area contributed by atoms with Crippen LogP contribution in [0.1, 0.15) is 328 Å². The number of unbranched alkanes of at least 4 members (excludes halogenated alkanes) is 41. The van der Waals surface area contributed by atoms with E-state index in [-0.39, 0.29) is 12.5 Å². The van der Waals surface area contributed by atoms with E-state index in [0.717, 1.165) is 70.6 Å². The Balaban J connectivity index is 2.11. The van der Waals surface area contributed by atoms with Crippen molar-refractivity contribution in [2.45, 2.75) is 371 Å². The van der Waals surface area contributed by atoms with E-state index in [1.54, 1.807) is 6.08 Å². The molecule has 1 aliphatic heterocycles. The van der Waals surface area contributed by atoms with Crippen molar-refractivity contribution in [3.05, 3.63) is 72.9 Å². The molecule has 478 valence electrons. The summed E-state index contributed by atoms with van der Waals surface area (Å²) in [7, 11) is 0. The molecule has 0 aromatic heterocycles. The molecule has 1 aliphatic rings. The number of allylic oxidation sites excluding steroid dienone is 11. The van der Waals surface area contributed by atoms with E-state index in [9.17, 15) is 30.3 Å². The number of hydrogen-bond acceptors (Lipinski definition) is 8. The second kappa shape index (κ2) is 61.7. The van der Waals surface area contributed by atoms with Gasteiger partial charge in [-0.2, -0.15) is 0 Å². The van der Waals surface area contributed by atoms with Gasteiger partial charge in [0, 0.05) is 6.42 Å². The highest BCUT2D eigenvalue weighted by atomic mass is 16.7. The number of nitrogens with one attached hydrogen (secondary N) is 1. The normalized spacial score (nSPS) is 18.7. The average molecular weight is 1150 g/mol. The molecular formula is C73H133NO8. The van der Waals surface area contributed by atoms with Crippen molar-refractivity contribution >= 4 is 5.91 Å². The first kappa shape index (κ1) is 77.6. The third kappa shape index (κ3) is 49.8. The summed E-state index contributed by atoms with van der Waals surface area (Å²) in [6, 6.07) is -0.807. The average Bonchev–Trinajstić information content (AvgIpc) is 3.52. The number of hydrogen-bond donors (Lipinski definition) is 6. The standard InChI is InChI=1S/C73H133NO8/c1-3-5-7-9-11-13-15-17-19-21-23-25-27-29-30-31-32-33-34-35-36-37-38-39-41-43-45-47-49-51-53-55-57-59-61-63-69(77)74-66(65-81-73-72(80)71(79)70(78)68(64-75)82-73)67(76)62-60-58-56-54-52-50-48-46-44-42-40-28-26-24-22-20-18-16-14-12-10-8-6-4-2/h5,7,11,13,17,19,23,25,29-30,60,62,66-68,70-73,75-76,78-80H,3-4,6,8-10,12,14-16,18,20-22,24,26-28,31-59,61,63-65H2,1-2H3,(H,74,77)/b7-5-,13-11-,19-17-,25-23-,30-29-,62-60+. The quantitative estimate of drug-likeness (QED) is 0.0261. The second-order valence-corrected chi connectivity index (χ2v) is 24.3. The molecule has 0 aromatic rings. The lowest BCUT2D eigenvalue weighted by molar-refractivity contribution is -0.302. The van der Waals surface area contributed by atoms with Crippen molar-refractivity contribution in [2.24, 2.45) is 0 Å². The minimum atomic E-state index is -1.57. The van der Waals surface area contributed by atoms with Gasteiger partial charge >= 0.3 is 0 Å². The van der Waals surface area contributed by atoms with Crippen LogP contribution in [0.15, 0.2) is 72.9 Å². The zero-order chi connectivity index (χ0) is 59.3. The van der Waals surface area contributed by atoms with E-state index in [0.29, 0.717) is 6.42 Å². The maximum atomic E-state index is 13.1. The third-order valence-electron chi connectivity index (χ3n) is 16.5. The van der Waals surface area contributed by atoms with Gasteiger partial charge in [0.2, 0.25) is 5.91 Å². The molecule has 1 rings (SSSR count). The molecule has 9 nitrogen and oxygen atoms in total. The van der Waals surface area contributed by atoms with Crippen molar-refractivity contribution < 1.29 is 39.8 Å². The summed E-state index contributed by atoms with van der Waals surface area (Å²) in [6.07, 6.45) is 80.0. The third-order valence-corrected chi connectivity index (χ3v) is 16.5. The van der Waals surface area contributed by atoms with Gasteiger partial charge in [0.25, 0.3) is 0 Å². The van der Waals surface area contributed by atoms with Crippen LogP contribution in [0.3, 0.4) is 0 Å². The van der Waals surface area contributed by atoms with Gasteiger partial charge in [-0.1, -0.05) is 331 Å². The van der Waals surface area contributed by atoms with Crippen LogP contribution in [0.5, 0.6) is 0 Å². The molecule has 7 atom stereocenters. The van der Waals surface area contributed by atoms with Crippen molar-refractivity contribution in [3.8, 4) is 0 Å². The molecule has 0 saturated carbocycles. The molecule has 9 heteroatoms. The number of ether oxygens (including phenoxy) is 2. The number of rotatable bonds is 61. The Labute approximate surface area is 506 Å². The lowest BCUT2D eigenvalue weighted by Crippen LogP contribution is -2.60. The summed E-state index contributed by atoms with van der Waals surface area (Å²) >= 11 is 0. The Morgan fingerprint density at radius 3 is 1.12 bits per heavy atom. The van der Waals surface area contributed by atoms with Crippen molar-refractivity contribution in [3.63, 3.8) is 0 Å². The van der Waals surface area contributed by atoms with Gasteiger partial charge in [0.15, 0.2) is 6.29 Å². The number of carbonyl (C=O) groups is 1. The van der Waals surface area contributed by atoms with E-state index >= 15 is 0 Å². The topological polar surface area (TPSA) is 149 Å². The van der Waals surface area contributed by atoms with Gasteiger partial charge in [-0.25, -0.2) is 0 Å². The SMILES string of the molecule is CC/C=C\C/C=C\C/C=C\C/C=C\C/C=C\CCCCCCCCCCCCCCCCCCCCCC(=O)NC(COC1OC(CO)C(O)C(O)C1O)C(O)/C=C/CCCCCCCCCCCCCCCCCCCCCCCC. The fraction of sp³-hybridized carbons (Fsp3) is 0.822. The molecule has 82 heavy (non-hydrogen) atoms. The van der Waals surface area contributed by atoms with E-state index < -0.39 is 49.5 Å². The molecule has 6 N–H and O–H groups in total. The monoisotopic (exact) mass is 1150 g/mol. The highest BCUT2D eigenvalue weighted by molar-refractivity contribution is 5.76. The maximum absolute atomic E-state index is 13.1. The maximum Gasteiger partial charge on any atom is 0.220 e. The second-order valence-electron chi connectivity index (χ2n) is 24.3. The Bertz CT molecular complexity index is 1520. The Kier molecular flexibility index (Phi) is 58.4. The van der Waals surface area contributed by atoms with Gasteiger partial charge in [-0.3, -0.25) is 4.79 Å². The van der Waals surface area contributed by atoms with Crippen molar-refractivity contribution in [1.29, 1.82) is 0 Å². The molecule has 1 amide bonds. The van der Waals surface area contributed by atoms with Crippen LogP contribution in [-0.4, -0.2) is 87.5 Å². The van der Waals surface area contributed by atoms with Gasteiger partial charge in [-0.05, 0) is 64.2 Å². The molecule has 0 spiro atoms. The summed E-state index contributed by atoms with van der Waals surface area (Å²) in [5.41, 5.74) is 0. The lowest BCUT2D eigenvalue weighted by atomic mass is 9.99. The fourth-order valence-corrected chi connectivity index (χ4v) is 11.1. The zero-order valence-electron chi connectivity index (χ0n) is 53.5. The van der Waals surface area contributed by atoms with Crippen LogP contribution < -0.4 is 5.32 Å². The van der Waals surface area contributed by atoms with Gasteiger partial charge in [0.05, 0.1) is 25.4 Å². The molecule has 0 aromatic carbocycles. The minimum absolute atomic E-state index is 0.172. The summed E-state index contributed by atoms with van der Waals surface area (Å²) in [5, 5.41) is 54.8. The first-order chi connectivity index (χ1) is 40.3. The molecule has 1 saturated heterocycles. The summed E-state index contributed by atoms with van der Waals surface area (Å²) in [5.74, 6) is -0.172. The highest BCUT2D eigenvalue weighted by Crippen LogP contribution is 2.23. The number of amides is 1. The molecule has 0 radical (unpaired) electrons. The smallest absolute Gasteiger partial charge is 0.220 e. The Morgan fingerprint density at radius 1 is 0.427 bits per heavy atom. The molecule has 1 fully saturated rings. The Hall–Kier alpha value is -2.37. The lowest BCUT2D eigenvalue weighted by Gasteiger charge is -2.40. The first-order valence-corrected chi connectivity index (χ1v) is 35.2. The molecule has 0 aliphatic carbocycles. The van der Waals surface area contributed by atoms with Crippen LogP contribution in [0.4, 0.5) is 0 Å². The largest absolute Gasteiger partial charge is 0.394 e. The molecule has 0 bridgehead atoms. The van der Waals surface area contributed by atoms with Gasteiger partial charge in [-0.15, -0.1) is 0 Å². The minimum Gasteiger partial charge on any atom is -0.394 e. The number of aliphatic hydroxyl groups is 5. The van der Waals surface area contributed by atoms with Crippen LogP contribution >= 0.6 is 0 Å². The molecule has 1 heterocycles. The Morgan fingerprint density at radius 2 is 0.756 bits per heavy atom. The molecular weight excluding hydrogens is 1020 g/mol. The molecule has 7 unspecified atom stereocenters. The van der Waals surface area contributed by atoms with Crippen LogP contribution in [0, 0.1) is 0 Å². The predicted molar refractivity (Wildman–Crippen MR) is 350 cm³/mol. The van der Waals surface area contributed by atoms with Crippen molar-refractivity contribution in [1.82, 2.24) is 5.32 Å². The van der Waals surface area contributed by atoms with E-state index in [1.807, 2.05) is 6.08 Å². The van der Waals surface area contributed by atoms with Gasteiger partial charge < -0.3 is 40.3 Å². The van der Waals surface area contributed by atoms with Crippen LogP contribution in [0.25, 0.3) is 0 Å². The zero-order valence-corrected chi connectivity index (χ0v) is 53.5. The van der Waals surface area contributed by atoms with E-state index in [2.05, 4.69) is 79.9 Å². The number of carbonyl (C=O) groups excluding carboxylic acids is 1. The summed E-state index contributed by atoms with van der Waals surface area (Å²) in [4.78, 5) is 13.1. The summed E-state index contributed by atoms with van der Waals surface area (Å²) < 4.78 is 11.3. The van der Waals surface area contributed by atoms with E-state index in [4.69, 9.17) is 9.47 Å². The first-order valence-electron chi connectivity index (χ1n) is 35.2. The van der Waals surface area contributed by atoms with Crippen LogP contribution in [-0.2, 0) is 14.3 Å². The summed E-state index contributed by atoms with van der Waals surface area (Å²) in [6.45, 7) is 3.71. The number of aliphatic hydroxyl groups excluding tert-OH is 5. The van der Waals surface area contributed by atoms with E-state index in [1.165, 1.54) is 238 Å². The van der Waals surface area contributed by atoms with Crippen molar-refractivity contribution in [2.75, 3.05) is 13.2 Å². The van der Waals surface area contributed by atoms with Crippen LogP contribution in [0.2, 0.25) is 0 Å². The predicted octanol–water partition coefficient (Wildman–Crippen LogP) is 19.1. The highest BCUT2D eigenvalue weighted by Gasteiger charge is 2.44. The van der Waals surface area contributed by atoms with Gasteiger partial charge in [0.1, 0.15) is 24.4 Å².